The quantitative estimate of drug-likeness (QED) is 0.141. The number of benzene rings is 4. The standard InChI is InChI=1S/C27H21N5O2/c28-25(30-31-29)18-15-16-24-22(17-18)21-13-7-8-14-23(21)32(24)27(26(33)34,19-9-3-1-4-10-19)20-11-5-2-6-12-20/h1-17H,(H,33,34)(H3,28,29,30). The number of hydrogen-bond donors (Lipinski definition) is 3. The smallest absolute Gasteiger partial charge is 0.339 e. The Morgan fingerprint density at radius 3 is 1.94 bits per heavy atom. The van der Waals surface area contributed by atoms with Crippen LogP contribution >= 0.6 is 0 Å². The Balaban J connectivity index is 1.98. The van der Waals surface area contributed by atoms with Gasteiger partial charge in [0.15, 0.2) is 11.4 Å². The lowest BCUT2D eigenvalue weighted by Gasteiger charge is -2.34. The Morgan fingerprint density at radius 2 is 1.35 bits per heavy atom. The summed E-state index contributed by atoms with van der Waals surface area (Å²) in [7, 11) is 0. The number of rotatable bonds is 6. The van der Waals surface area contributed by atoms with Gasteiger partial charge in [-0.2, -0.15) is 5.53 Å². The summed E-state index contributed by atoms with van der Waals surface area (Å²) in [6.45, 7) is 0. The maximum atomic E-state index is 13.4. The molecule has 0 atom stereocenters. The Morgan fingerprint density at radius 1 is 0.794 bits per heavy atom. The van der Waals surface area contributed by atoms with Gasteiger partial charge in [0.25, 0.3) is 0 Å². The number of carboxylic acids is 1. The second-order valence-electron chi connectivity index (χ2n) is 7.92. The fourth-order valence-corrected chi connectivity index (χ4v) is 4.73. The summed E-state index contributed by atoms with van der Waals surface area (Å²) < 4.78 is 1.89. The molecule has 7 nitrogen and oxygen atoms in total. The first kappa shape index (κ1) is 21.1. The molecule has 0 radical (unpaired) electrons. The predicted molar refractivity (Wildman–Crippen MR) is 132 cm³/mol. The minimum absolute atomic E-state index is 0.115. The fourth-order valence-electron chi connectivity index (χ4n) is 4.73. The summed E-state index contributed by atoms with van der Waals surface area (Å²) in [5, 5.41) is 19.3. The number of para-hydroxylation sites is 1. The van der Waals surface area contributed by atoms with Crippen molar-refractivity contribution in [3.05, 3.63) is 120 Å². The molecule has 0 unspecified atom stereocenters. The highest BCUT2D eigenvalue weighted by Gasteiger charge is 2.46. The van der Waals surface area contributed by atoms with E-state index in [2.05, 4.69) is 10.3 Å². The van der Waals surface area contributed by atoms with E-state index in [0.29, 0.717) is 16.7 Å². The molecular formula is C27H21N5O2. The molecule has 166 valence electrons. The molecule has 0 saturated heterocycles. The van der Waals surface area contributed by atoms with Crippen molar-refractivity contribution in [2.75, 3.05) is 0 Å². The number of fused-ring (bicyclic) bond motifs is 3. The minimum Gasteiger partial charge on any atom is -0.479 e. The van der Waals surface area contributed by atoms with Crippen molar-refractivity contribution in [1.29, 1.82) is 5.53 Å². The van der Waals surface area contributed by atoms with Crippen LogP contribution in [0, 0.1) is 5.53 Å². The van der Waals surface area contributed by atoms with Gasteiger partial charge in [0.2, 0.25) is 0 Å². The summed E-state index contributed by atoms with van der Waals surface area (Å²) in [4.78, 5) is 13.4. The van der Waals surface area contributed by atoms with Crippen LogP contribution in [0.4, 0.5) is 0 Å². The lowest BCUT2D eigenvalue weighted by Crippen LogP contribution is -2.44. The van der Waals surface area contributed by atoms with E-state index >= 15 is 0 Å². The van der Waals surface area contributed by atoms with Crippen molar-refractivity contribution >= 4 is 33.6 Å². The summed E-state index contributed by atoms with van der Waals surface area (Å²) in [6, 6.07) is 31.7. The number of carboxylic acid groups (broad SMARTS) is 1. The molecule has 0 aliphatic rings. The van der Waals surface area contributed by atoms with Gasteiger partial charge in [-0.3, -0.25) is 0 Å². The number of nitrogens with two attached hydrogens (primary N) is 1. The minimum atomic E-state index is -1.53. The molecule has 0 fully saturated rings. The summed E-state index contributed by atoms with van der Waals surface area (Å²) in [5.74, 6) is -0.880. The second-order valence-corrected chi connectivity index (χ2v) is 7.92. The molecule has 5 aromatic rings. The average molecular weight is 447 g/mol. The number of aromatic nitrogens is 1. The zero-order valence-corrected chi connectivity index (χ0v) is 18.1. The van der Waals surface area contributed by atoms with Gasteiger partial charge in [-0.15, -0.1) is 5.10 Å². The van der Waals surface area contributed by atoms with Gasteiger partial charge in [-0.25, -0.2) is 4.79 Å². The first-order valence-electron chi connectivity index (χ1n) is 10.7. The molecule has 1 heterocycles. The second kappa shape index (κ2) is 8.29. The van der Waals surface area contributed by atoms with Crippen molar-refractivity contribution in [3.8, 4) is 0 Å². The lowest BCUT2D eigenvalue weighted by molar-refractivity contribution is -0.143. The van der Waals surface area contributed by atoms with E-state index in [9.17, 15) is 9.90 Å². The highest BCUT2D eigenvalue weighted by Crippen LogP contribution is 2.42. The first-order chi connectivity index (χ1) is 16.6. The van der Waals surface area contributed by atoms with Crippen LogP contribution in [-0.2, 0) is 10.3 Å². The molecule has 0 aliphatic carbocycles. The Labute approximate surface area is 195 Å². The van der Waals surface area contributed by atoms with Crippen molar-refractivity contribution < 1.29 is 9.90 Å². The molecule has 4 N–H and O–H groups in total. The Hall–Kier alpha value is -4.78. The lowest BCUT2D eigenvalue weighted by atomic mass is 9.82. The average Bonchev–Trinajstić information content (AvgIpc) is 3.20. The van der Waals surface area contributed by atoms with Gasteiger partial charge < -0.3 is 15.4 Å². The monoisotopic (exact) mass is 447 g/mol. The van der Waals surface area contributed by atoms with Crippen molar-refractivity contribution in [2.45, 2.75) is 5.54 Å². The van der Waals surface area contributed by atoms with Gasteiger partial charge in [0, 0.05) is 16.3 Å². The molecule has 1 aromatic heterocycles. The largest absolute Gasteiger partial charge is 0.479 e. The third-order valence-corrected chi connectivity index (χ3v) is 6.15. The van der Waals surface area contributed by atoms with E-state index in [-0.39, 0.29) is 5.84 Å². The third kappa shape index (κ3) is 3.06. The van der Waals surface area contributed by atoms with Crippen LogP contribution < -0.4 is 5.73 Å². The summed E-state index contributed by atoms with van der Waals surface area (Å²) >= 11 is 0. The first-order valence-corrected chi connectivity index (χ1v) is 10.7. The summed E-state index contributed by atoms with van der Waals surface area (Å²) in [5.41, 5.74) is 14.8. The van der Waals surface area contributed by atoms with Crippen LogP contribution in [0.25, 0.3) is 21.8 Å². The fraction of sp³-hybridized carbons (Fsp3) is 0.0370. The maximum absolute atomic E-state index is 13.4. The van der Waals surface area contributed by atoms with Gasteiger partial charge in [-0.1, -0.05) is 84.1 Å². The third-order valence-electron chi connectivity index (χ3n) is 6.15. The van der Waals surface area contributed by atoms with Gasteiger partial charge in [0.1, 0.15) is 0 Å². The van der Waals surface area contributed by atoms with Crippen LogP contribution in [0.1, 0.15) is 16.7 Å². The molecule has 7 heteroatoms. The van der Waals surface area contributed by atoms with Crippen molar-refractivity contribution in [1.82, 2.24) is 4.57 Å². The van der Waals surface area contributed by atoms with Crippen LogP contribution in [0.2, 0.25) is 0 Å². The van der Waals surface area contributed by atoms with Crippen LogP contribution in [-0.4, -0.2) is 21.5 Å². The number of carbonyl (C=O) groups is 1. The molecule has 0 amide bonds. The molecule has 34 heavy (non-hydrogen) atoms. The SMILES string of the molecule is N=NN=C(N)c1ccc2c(c1)c1ccccc1n2C(C(=O)O)(c1ccccc1)c1ccccc1. The van der Waals surface area contributed by atoms with E-state index in [4.69, 9.17) is 11.3 Å². The molecule has 0 aliphatic heterocycles. The highest BCUT2D eigenvalue weighted by atomic mass is 16.4. The van der Waals surface area contributed by atoms with Crippen molar-refractivity contribution in [3.63, 3.8) is 0 Å². The van der Waals surface area contributed by atoms with E-state index < -0.39 is 11.5 Å². The number of aliphatic carboxylic acids is 1. The molecule has 0 spiro atoms. The van der Waals surface area contributed by atoms with Crippen LogP contribution in [0.5, 0.6) is 0 Å². The van der Waals surface area contributed by atoms with E-state index in [0.717, 1.165) is 21.8 Å². The zero-order chi connectivity index (χ0) is 23.7. The molecule has 5 rings (SSSR count). The van der Waals surface area contributed by atoms with E-state index in [1.165, 1.54) is 0 Å². The topological polar surface area (TPSA) is 117 Å². The van der Waals surface area contributed by atoms with E-state index in [1.807, 2.05) is 102 Å². The Kier molecular flexibility index (Phi) is 5.14. The highest BCUT2D eigenvalue weighted by molar-refractivity contribution is 6.12. The predicted octanol–water partition coefficient (Wildman–Crippen LogP) is 5.32. The Bertz CT molecular complexity index is 1520. The number of nitrogens with one attached hydrogen (secondary N) is 1. The molecular weight excluding hydrogens is 426 g/mol. The maximum Gasteiger partial charge on any atom is 0.339 e. The number of amidine groups is 1. The van der Waals surface area contributed by atoms with Crippen LogP contribution in [0.15, 0.2) is 113 Å². The molecule has 0 bridgehead atoms. The number of nitrogens with zero attached hydrogens (tertiary/aromatic N) is 3. The molecule has 0 saturated carbocycles. The van der Waals surface area contributed by atoms with Gasteiger partial charge >= 0.3 is 5.97 Å². The normalized spacial score (nSPS) is 12.2. The van der Waals surface area contributed by atoms with Gasteiger partial charge in [-0.05, 0) is 35.4 Å². The van der Waals surface area contributed by atoms with Crippen molar-refractivity contribution in [2.24, 2.45) is 16.1 Å². The van der Waals surface area contributed by atoms with E-state index in [1.54, 1.807) is 6.07 Å². The van der Waals surface area contributed by atoms with Crippen LogP contribution in [0.3, 0.4) is 0 Å². The van der Waals surface area contributed by atoms with Gasteiger partial charge in [0.05, 0.1) is 11.0 Å². The zero-order valence-electron chi connectivity index (χ0n) is 18.1. The summed E-state index contributed by atoms with van der Waals surface area (Å²) in [6.07, 6.45) is 0. The molecule has 4 aromatic carbocycles. The number of hydrogen-bond acceptors (Lipinski definition) is 3.